The number of nitrogens with zero attached hydrogens (tertiary/aromatic N) is 3. The van der Waals surface area contributed by atoms with Gasteiger partial charge < -0.3 is 10.0 Å². The number of aromatic nitrogens is 2. The van der Waals surface area contributed by atoms with Gasteiger partial charge in [-0.25, -0.2) is 14.8 Å². The molecule has 18 heavy (non-hydrogen) atoms. The SMILES string of the molecule is Cc1ncc(C(=O)O)c(N2CC(C)CCC2C)n1. The standard InChI is InChI=1S/C13H19N3O2/c1-8-4-5-9(2)16(7-8)12-11(13(17)18)6-14-10(3)15-12/h6,8-9H,4-5,7H2,1-3H3,(H,17,18). The molecule has 1 aromatic rings. The highest BCUT2D eigenvalue weighted by molar-refractivity contribution is 5.93. The lowest BCUT2D eigenvalue weighted by molar-refractivity contribution is 0.0696. The normalized spacial score (nSPS) is 24.1. The number of hydrogen-bond donors (Lipinski definition) is 1. The van der Waals surface area contributed by atoms with E-state index in [-0.39, 0.29) is 5.56 Å². The van der Waals surface area contributed by atoms with Gasteiger partial charge in [0.15, 0.2) is 0 Å². The Morgan fingerprint density at radius 1 is 1.44 bits per heavy atom. The van der Waals surface area contributed by atoms with Gasteiger partial charge in [-0.05, 0) is 32.6 Å². The Kier molecular flexibility index (Phi) is 3.50. The minimum Gasteiger partial charge on any atom is -0.477 e. The zero-order chi connectivity index (χ0) is 13.3. The highest BCUT2D eigenvalue weighted by atomic mass is 16.4. The van der Waals surface area contributed by atoms with E-state index in [1.165, 1.54) is 12.6 Å². The molecule has 1 N–H and O–H groups in total. The third-order valence-electron chi connectivity index (χ3n) is 3.51. The van der Waals surface area contributed by atoms with Crippen LogP contribution in [0.2, 0.25) is 0 Å². The van der Waals surface area contributed by atoms with E-state index in [9.17, 15) is 9.90 Å². The number of hydrogen-bond acceptors (Lipinski definition) is 4. The van der Waals surface area contributed by atoms with E-state index >= 15 is 0 Å². The number of rotatable bonds is 2. The van der Waals surface area contributed by atoms with Gasteiger partial charge in [0.05, 0.1) is 0 Å². The topological polar surface area (TPSA) is 66.3 Å². The van der Waals surface area contributed by atoms with Gasteiger partial charge in [-0.15, -0.1) is 0 Å². The molecule has 2 atom stereocenters. The Morgan fingerprint density at radius 3 is 2.83 bits per heavy atom. The summed E-state index contributed by atoms with van der Waals surface area (Å²) in [7, 11) is 0. The molecule has 1 aliphatic heterocycles. The van der Waals surface area contributed by atoms with Gasteiger partial charge in [-0.3, -0.25) is 0 Å². The predicted octanol–water partition coefficient (Wildman–Crippen LogP) is 2.11. The number of piperidine rings is 1. The van der Waals surface area contributed by atoms with Crippen molar-refractivity contribution in [2.75, 3.05) is 11.4 Å². The Bertz CT molecular complexity index is 462. The minimum absolute atomic E-state index is 0.196. The van der Waals surface area contributed by atoms with E-state index in [2.05, 4.69) is 28.7 Å². The quantitative estimate of drug-likeness (QED) is 0.869. The highest BCUT2D eigenvalue weighted by Crippen LogP contribution is 2.28. The van der Waals surface area contributed by atoms with Crippen molar-refractivity contribution in [2.24, 2.45) is 5.92 Å². The molecule has 0 saturated carbocycles. The molecule has 2 unspecified atom stereocenters. The van der Waals surface area contributed by atoms with Gasteiger partial charge in [-0.1, -0.05) is 6.92 Å². The van der Waals surface area contributed by atoms with Crippen LogP contribution in [-0.2, 0) is 0 Å². The number of anilines is 1. The first-order valence-electron chi connectivity index (χ1n) is 6.32. The first kappa shape index (κ1) is 12.8. The molecule has 0 amide bonds. The summed E-state index contributed by atoms with van der Waals surface area (Å²) in [5.74, 6) is 0.781. The zero-order valence-electron chi connectivity index (χ0n) is 11.1. The summed E-state index contributed by atoms with van der Waals surface area (Å²) in [6.07, 6.45) is 3.67. The predicted molar refractivity (Wildman–Crippen MR) is 68.9 cm³/mol. The summed E-state index contributed by atoms with van der Waals surface area (Å²) in [5, 5.41) is 9.23. The third kappa shape index (κ3) is 2.44. The molecule has 0 aliphatic carbocycles. The lowest BCUT2D eigenvalue weighted by Gasteiger charge is -2.38. The van der Waals surface area contributed by atoms with Crippen molar-refractivity contribution in [3.8, 4) is 0 Å². The van der Waals surface area contributed by atoms with Crippen molar-refractivity contribution in [3.63, 3.8) is 0 Å². The van der Waals surface area contributed by atoms with Crippen LogP contribution in [0, 0.1) is 12.8 Å². The molecular formula is C13H19N3O2. The number of carboxylic acids is 1. The van der Waals surface area contributed by atoms with Gasteiger partial charge in [0, 0.05) is 18.8 Å². The molecule has 2 heterocycles. The van der Waals surface area contributed by atoms with Gasteiger partial charge in [-0.2, -0.15) is 0 Å². The van der Waals surface area contributed by atoms with Crippen molar-refractivity contribution >= 4 is 11.8 Å². The van der Waals surface area contributed by atoms with Crippen molar-refractivity contribution in [1.29, 1.82) is 0 Å². The van der Waals surface area contributed by atoms with Crippen molar-refractivity contribution in [1.82, 2.24) is 9.97 Å². The second-order valence-electron chi connectivity index (χ2n) is 5.14. The maximum absolute atomic E-state index is 11.3. The molecule has 0 spiro atoms. The van der Waals surface area contributed by atoms with Crippen LogP contribution in [0.25, 0.3) is 0 Å². The Labute approximate surface area is 107 Å². The molecule has 98 valence electrons. The molecule has 2 rings (SSSR count). The van der Waals surface area contributed by atoms with Crippen molar-refractivity contribution < 1.29 is 9.90 Å². The van der Waals surface area contributed by atoms with Crippen LogP contribution in [-0.4, -0.2) is 33.6 Å². The first-order valence-corrected chi connectivity index (χ1v) is 6.32. The van der Waals surface area contributed by atoms with Crippen LogP contribution >= 0.6 is 0 Å². The summed E-state index contributed by atoms with van der Waals surface area (Å²) in [6, 6.07) is 0.327. The zero-order valence-corrected chi connectivity index (χ0v) is 11.1. The van der Waals surface area contributed by atoms with Crippen LogP contribution in [0.1, 0.15) is 42.9 Å². The first-order chi connectivity index (χ1) is 8.49. The Balaban J connectivity index is 2.41. The van der Waals surface area contributed by atoms with E-state index in [1.54, 1.807) is 6.92 Å². The second-order valence-corrected chi connectivity index (χ2v) is 5.14. The molecule has 1 fully saturated rings. The van der Waals surface area contributed by atoms with E-state index in [4.69, 9.17) is 0 Å². The largest absolute Gasteiger partial charge is 0.477 e. The number of aryl methyl sites for hydroxylation is 1. The summed E-state index contributed by atoms with van der Waals surface area (Å²) in [5.41, 5.74) is 0.196. The van der Waals surface area contributed by atoms with Crippen LogP contribution in [0.15, 0.2) is 6.20 Å². The molecule has 1 saturated heterocycles. The summed E-state index contributed by atoms with van der Waals surface area (Å²) >= 11 is 0. The minimum atomic E-state index is -0.963. The smallest absolute Gasteiger partial charge is 0.341 e. The molecular weight excluding hydrogens is 230 g/mol. The van der Waals surface area contributed by atoms with E-state index in [0.29, 0.717) is 23.6 Å². The molecule has 1 aliphatic rings. The van der Waals surface area contributed by atoms with Gasteiger partial charge in [0.1, 0.15) is 17.2 Å². The van der Waals surface area contributed by atoms with Gasteiger partial charge in [0.2, 0.25) is 0 Å². The van der Waals surface area contributed by atoms with Gasteiger partial charge >= 0.3 is 5.97 Å². The van der Waals surface area contributed by atoms with E-state index in [1.807, 2.05) is 0 Å². The average Bonchev–Trinajstić information content (AvgIpc) is 2.31. The van der Waals surface area contributed by atoms with Crippen LogP contribution in [0.4, 0.5) is 5.82 Å². The average molecular weight is 249 g/mol. The summed E-state index contributed by atoms with van der Waals surface area (Å²) < 4.78 is 0. The maximum Gasteiger partial charge on any atom is 0.341 e. The van der Waals surface area contributed by atoms with E-state index in [0.717, 1.165) is 13.0 Å². The van der Waals surface area contributed by atoms with Crippen molar-refractivity contribution in [2.45, 2.75) is 39.7 Å². The second kappa shape index (κ2) is 4.92. The lowest BCUT2D eigenvalue weighted by atomic mass is 9.95. The number of aromatic carboxylic acids is 1. The maximum atomic E-state index is 11.3. The lowest BCUT2D eigenvalue weighted by Crippen LogP contribution is -2.42. The van der Waals surface area contributed by atoms with Crippen LogP contribution < -0.4 is 4.90 Å². The monoisotopic (exact) mass is 249 g/mol. The van der Waals surface area contributed by atoms with Crippen LogP contribution in [0.5, 0.6) is 0 Å². The third-order valence-corrected chi connectivity index (χ3v) is 3.51. The fourth-order valence-electron chi connectivity index (χ4n) is 2.41. The molecule has 0 aromatic carbocycles. The Hall–Kier alpha value is -1.65. The summed E-state index contributed by atoms with van der Waals surface area (Å²) in [4.78, 5) is 21.7. The molecule has 5 nitrogen and oxygen atoms in total. The highest BCUT2D eigenvalue weighted by Gasteiger charge is 2.27. The molecule has 0 bridgehead atoms. The molecule has 5 heteroatoms. The number of carboxylic acid groups (broad SMARTS) is 1. The number of carbonyl (C=O) groups is 1. The summed E-state index contributed by atoms with van der Waals surface area (Å²) in [6.45, 7) is 6.95. The van der Waals surface area contributed by atoms with Crippen LogP contribution in [0.3, 0.4) is 0 Å². The fourth-order valence-corrected chi connectivity index (χ4v) is 2.41. The van der Waals surface area contributed by atoms with Crippen molar-refractivity contribution in [3.05, 3.63) is 17.6 Å². The molecule has 0 radical (unpaired) electrons. The fraction of sp³-hybridized carbons (Fsp3) is 0.615. The van der Waals surface area contributed by atoms with Gasteiger partial charge in [0.25, 0.3) is 0 Å². The molecule has 1 aromatic heterocycles. The van der Waals surface area contributed by atoms with E-state index < -0.39 is 5.97 Å². The Morgan fingerprint density at radius 2 is 2.17 bits per heavy atom.